The van der Waals surface area contributed by atoms with Gasteiger partial charge in [0.15, 0.2) is 0 Å². The molecular weight excluding hydrogens is 276 g/mol. The Hall–Kier alpha value is -2.00. The Bertz CT molecular complexity index is 532. The average molecular weight is 300 g/mol. The van der Waals surface area contributed by atoms with E-state index in [2.05, 4.69) is 20.8 Å². The maximum Gasteiger partial charge on any atom is 0.118 e. The lowest BCUT2D eigenvalue weighted by molar-refractivity contribution is -0.0429. The number of methoxy groups -OCH3 is 2. The zero-order valence-electron chi connectivity index (χ0n) is 13.9. The second-order valence-electron chi connectivity index (χ2n) is 6.16. The van der Waals surface area contributed by atoms with Crippen LogP contribution in [0.15, 0.2) is 48.5 Å². The van der Waals surface area contributed by atoms with Crippen molar-refractivity contribution in [2.24, 2.45) is 0 Å². The molecule has 3 heteroatoms. The van der Waals surface area contributed by atoms with E-state index in [0.717, 1.165) is 22.6 Å². The number of hydrogen-bond acceptors (Lipinski definition) is 3. The molecule has 0 bridgehead atoms. The highest BCUT2D eigenvalue weighted by atomic mass is 16.5. The van der Waals surface area contributed by atoms with Gasteiger partial charge >= 0.3 is 0 Å². The van der Waals surface area contributed by atoms with E-state index < -0.39 is 0 Å². The van der Waals surface area contributed by atoms with Crippen molar-refractivity contribution in [3.8, 4) is 11.5 Å². The topological polar surface area (TPSA) is 27.7 Å². The van der Waals surface area contributed by atoms with Gasteiger partial charge in [-0.15, -0.1) is 0 Å². The van der Waals surface area contributed by atoms with Crippen molar-refractivity contribution < 1.29 is 14.2 Å². The molecule has 3 nitrogen and oxygen atoms in total. The highest BCUT2D eigenvalue weighted by molar-refractivity contribution is 5.36. The van der Waals surface area contributed by atoms with E-state index in [1.165, 1.54) is 0 Å². The summed E-state index contributed by atoms with van der Waals surface area (Å²) in [5.41, 5.74) is 1.95. The number of hydrogen-bond donors (Lipinski definition) is 0. The van der Waals surface area contributed by atoms with Crippen molar-refractivity contribution in [3.05, 3.63) is 59.7 Å². The Balaban J connectivity index is 2.35. The molecule has 2 rings (SSSR count). The molecule has 0 N–H and O–H groups in total. The molecule has 0 fully saturated rings. The van der Waals surface area contributed by atoms with Crippen LogP contribution in [-0.4, -0.2) is 19.8 Å². The van der Waals surface area contributed by atoms with Gasteiger partial charge in [0.25, 0.3) is 0 Å². The fourth-order valence-corrected chi connectivity index (χ4v) is 2.24. The summed E-state index contributed by atoms with van der Waals surface area (Å²) in [6.07, 6.45) is -0.128. The van der Waals surface area contributed by atoms with Crippen LogP contribution in [-0.2, 0) is 4.74 Å². The molecule has 0 aliphatic carbocycles. The van der Waals surface area contributed by atoms with Gasteiger partial charge in [-0.25, -0.2) is 0 Å². The van der Waals surface area contributed by atoms with E-state index >= 15 is 0 Å². The molecule has 0 heterocycles. The van der Waals surface area contributed by atoms with Crippen molar-refractivity contribution in [2.45, 2.75) is 32.5 Å². The largest absolute Gasteiger partial charge is 0.497 e. The zero-order chi connectivity index (χ0) is 16.2. The lowest BCUT2D eigenvalue weighted by atomic mass is 10.00. The van der Waals surface area contributed by atoms with Crippen LogP contribution < -0.4 is 9.47 Å². The van der Waals surface area contributed by atoms with Crippen LogP contribution in [0.25, 0.3) is 0 Å². The summed E-state index contributed by atoms with van der Waals surface area (Å²) in [6.45, 7) is 6.19. The fraction of sp³-hybridized carbons (Fsp3) is 0.368. The molecule has 2 aromatic rings. The molecule has 22 heavy (non-hydrogen) atoms. The molecule has 118 valence electrons. The first-order valence-electron chi connectivity index (χ1n) is 7.38. The molecule has 0 saturated carbocycles. The van der Waals surface area contributed by atoms with Gasteiger partial charge in [-0.2, -0.15) is 0 Å². The first kappa shape index (κ1) is 16.4. The van der Waals surface area contributed by atoms with Crippen LogP contribution in [0.4, 0.5) is 0 Å². The smallest absolute Gasteiger partial charge is 0.118 e. The summed E-state index contributed by atoms with van der Waals surface area (Å²) in [7, 11) is 3.34. The second-order valence-corrected chi connectivity index (χ2v) is 6.16. The molecule has 0 spiro atoms. The van der Waals surface area contributed by atoms with Crippen LogP contribution in [0.3, 0.4) is 0 Å². The van der Waals surface area contributed by atoms with Gasteiger partial charge in [0.1, 0.15) is 17.6 Å². The fourth-order valence-electron chi connectivity index (χ4n) is 2.24. The standard InChI is InChI=1S/C19H24O3/c1-19(2,3)22-18(14-6-10-16(20-4)11-7-14)15-8-12-17(21-5)13-9-15/h6-13,18H,1-5H3. The van der Waals surface area contributed by atoms with Crippen molar-refractivity contribution in [1.29, 1.82) is 0 Å². The molecular formula is C19H24O3. The molecule has 2 aromatic carbocycles. The monoisotopic (exact) mass is 300 g/mol. The normalized spacial score (nSPS) is 11.5. The molecule has 0 aliphatic rings. The highest BCUT2D eigenvalue weighted by Gasteiger charge is 2.22. The summed E-state index contributed by atoms with van der Waals surface area (Å²) in [5.74, 6) is 1.68. The van der Waals surface area contributed by atoms with E-state index in [0.29, 0.717) is 0 Å². The van der Waals surface area contributed by atoms with E-state index in [4.69, 9.17) is 14.2 Å². The predicted octanol–water partition coefficient (Wildman–Crippen LogP) is 4.61. The van der Waals surface area contributed by atoms with Crippen molar-refractivity contribution in [1.82, 2.24) is 0 Å². The molecule has 0 amide bonds. The third kappa shape index (κ3) is 4.25. The average Bonchev–Trinajstić information content (AvgIpc) is 2.52. The molecule has 0 unspecified atom stereocenters. The Kier molecular flexibility index (Phi) is 5.09. The van der Waals surface area contributed by atoms with Crippen LogP contribution in [0, 0.1) is 0 Å². The minimum absolute atomic E-state index is 0.128. The minimum Gasteiger partial charge on any atom is -0.497 e. The van der Waals surface area contributed by atoms with E-state index in [-0.39, 0.29) is 11.7 Å². The molecule has 0 radical (unpaired) electrons. The quantitative estimate of drug-likeness (QED) is 0.807. The first-order chi connectivity index (χ1) is 10.4. The maximum atomic E-state index is 6.28. The van der Waals surface area contributed by atoms with Gasteiger partial charge in [0, 0.05) is 0 Å². The van der Waals surface area contributed by atoms with Gasteiger partial charge in [-0.05, 0) is 56.2 Å². The lowest BCUT2D eigenvalue weighted by Crippen LogP contribution is -2.23. The summed E-state index contributed by atoms with van der Waals surface area (Å²) >= 11 is 0. The molecule has 0 aliphatic heterocycles. The SMILES string of the molecule is COc1ccc(C(OC(C)(C)C)c2ccc(OC)cc2)cc1. The number of rotatable bonds is 5. The molecule has 0 saturated heterocycles. The van der Waals surface area contributed by atoms with Crippen LogP contribution >= 0.6 is 0 Å². The maximum absolute atomic E-state index is 6.28. The second kappa shape index (κ2) is 6.84. The van der Waals surface area contributed by atoms with Gasteiger partial charge < -0.3 is 14.2 Å². The minimum atomic E-state index is -0.246. The number of benzene rings is 2. The Morgan fingerprint density at radius 1 is 0.682 bits per heavy atom. The number of ether oxygens (including phenoxy) is 3. The summed E-state index contributed by atoms with van der Waals surface area (Å²) in [6, 6.07) is 16.0. The molecule has 0 atom stereocenters. The Morgan fingerprint density at radius 2 is 1.05 bits per heavy atom. The van der Waals surface area contributed by atoms with E-state index in [1.54, 1.807) is 14.2 Å². The summed E-state index contributed by atoms with van der Waals surface area (Å²) < 4.78 is 16.7. The van der Waals surface area contributed by atoms with Crippen LogP contribution in [0.2, 0.25) is 0 Å². The van der Waals surface area contributed by atoms with Gasteiger partial charge in [-0.3, -0.25) is 0 Å². The Labute approximate surface area is 132 Å². The van der Waals surface area contributed by atoms with E-state index in [9.17, 15) is 0 Å². The van der Waals surface area contributed by atoms with Crippen LogP contribution in [0.1, 0.15) is 38.0 Å². The first-order valence-corrected chi connectivity index (χ1v) is 7.38. The van der Waals surface area contributed by atoms with Crippen molar-refractivity contribution >= 4 is 0 Å². The Morgan fingerprint density at radius 3 is 1.32 bits per heavy atom. The van der Waals surface area contributed by atoms with E-state index in [1.807, 2.05) is 48.5 Å². The zero-order valence-corrected chi connectivity index (χ0v) is 13.9. The van der Waals surface area contributed by atoms with Gasteiger partial charge in [0.05, 0.1) is 19.8 Å². The highest BCUT2D eigenvalue weighted by Crippen LogP contribution is 2.32. The van der Waals surface area contributed by atoms with Gasteiger partial charge in [-0.1, -0.05) is 24.3 Å². The molecule has 0 aromatic heterocycles. The van der Waals surface area contributed by atoms with Crippen molar-refractivity contribution in [2.75, 3.05) is 14.2 Å². The lowest BCUT2D eigenvalue weighted by Gasteiger charge is -2.28. The van der Waals surface area contributed by atoms with Crippen LogP contribution in [0.5, 0.6) is 11.5 Å². The third-order valence-corrected chi connectivity index (χ3v) is 3.31. The predicted molar refractivity (Wildman–Crippen MR) is 88.7 cm³/mol. The summed E-state index contributed by atoms with van der Waals surface area (Å²) in [4.78, 5) is 0. The van der Waals surface area contributed by atoms with Crippen molar-refractivity contribution in [3.63, 3.8) is 0 Å². The third-order valence-electron chi connectivity index (χ3n) is 3.31. The van der Waals surface area contributed by atoms with Gasteiger partial charge in [0.2, 0.25) is 0 Å². The summed E-state index contributed by atoms with van der Waals surface area (Å²) in [5, 5.41) is 0.